The minimum Gasteiger partial charge on any atom is -0.478 e. The number of hydrogen-bond donors (Lipinski definition) is 1. The monoisotopic (exact) mass is 421 g/mol. The number of aromatic carboxylic acids is 1. The maximum Gasteiger partial charge on any atom is 0.335 e. The molecular formula is C21H27NO6S. The molecule has 0 aliphatic rings. The lowest BCUT2D eigenvalue weighted by atomic mass is 9.98. The molecule has 1 N–H and O–H groups in total. The van der Waals surface area contributed by atoms with Crippen molar-refractivity contribution in [2.24, 2.45) is 0 Å². The number of carboxylic acid groups (broad SMARTS) is 1. The summed E-state index contributed by atoms with van der Waals surface area (Å²) < 4.78 is 36.0. The van der Waals surface area contributed by atoms with Crippen molar-refractivity contribution in [3.63, 3.8) is 0 Å². The van der Waals surface area contributed by atoms with Gasteiger partial charge in [-0.2, -0.15) is 0 Å². The first-order chi connectivity index (χ1) is 13.7. The fraction of sp³-hybridized carbons (Fsp3) is 0.381. The summed E-state index contributed by atoms with van der Waals surface area (Å²) in [5, 5.41) is 9.49. The van der Waals surface area contributed by atoms with Crippen molar-refractivity contribution in [2.75, 3.05) is 37.9 Å². The van der Waals surface area contributed by atoms with Gasteiger partial charge in [0.05, 0.1) is 36.8 Å². The summed E-state index contributed by atoms with van der Waals surface area (Å²) >= 11 is 0. The van der Waals surface area contributed by atoms with Crippen LogP contribution in [0.1, 0.15) is 34.0 Å². The molecule has 1 unspecified atom stereocenters. The van der Waals surface area contributed by atoms with Crippen molar-refractivity contribution >= 4 is 21.7 Å². The smallest absolute Gasteiger partial charge is 0.335 e. The maximum absolute atomic E-state index is 11.9. The molecule has 0 saturated heterocycles. The summed E-state index contributed by atoms with van der Waals surface area (Å²) in [5.74, 6) is -1.13. The van der Waals surface area contributed by atoms with Crippen LogP contribution in [0, 0.1) is 0 Å². The molecule has 2 aromatic carbocycles. The first-order valence-corrected chi connectivity index (χ1v) is 11.0. The van der Waals surface area contributed by atoms with Crippen LogP contribution in [-0.4, -0.2) is 53.1 Å². The van der Waals surface area contributed by atoms with Gasteiger partial charge in [-0.05, 0) is 42.2 Å². The SMILES string of the molecule is COCCOC(CCc1ccccc1)c1cc(C(=O)O)cc(N(C)S(C)(=O)=O)c1. The number of carboxylic acids is 1. The van der Waals surface area contributed by atoms with E-state index in [1.807, 2.05) is 30.3 Å². The number of ether oxygens (including phenoxy) is 2. The van der Waals surface area contributed by atoms with E-state index < -0.39 is 22.1 Å². The zero-order valence-corrected chi connectivity index (χ0v) is 17.7. The van der Waals surface area contributed by atoms with Crippen LogP contribution in [0.2, 0.25) is 0 Å². The van der Waals surface area contributed by atoms with Gasteiger partial charge in [0.1, 0.15) is 0 Å². The molecule has 29 heavy (non-hydrogen) atoms. The van der Waals surface area contributed by atoms with Crippen LogP contribution in [0.15, 0.2) is 48.5 Å². The Bertz CT molecular complexity index is 914. The number of sulfonamides is 1. The second-order valence-corrected chi connectivity index (χ2v) is 8.74. The lowest BCUT2D eigenvalue weighted by Gasteiger charge is -2.23. The van der Waals surface area contributed by atoms with E-state index in [-0.39, 0.29) is 11.3 Å². The lowest BCUT2D eigenvalue weighted by Crippen LogP contribution is -2.25. The normalized spacial score (nSPS) is 12.5. The van der Waals surface area contributed by atoms with E-state index in [9.17, 15) is 18.3 Å². The number of hydrogen-bond acceptors (Lipinski definition) is 5. The molecule has 0 spiro atoms. The number of methoxy groups -OCH3 is 1. The average Bonchev–Trinajstić information content (AvgIpc) is 2.69. The van der Waals surface area contributed by atoms with E-state index in [2.05, 4.69) is 0 Å². The molecule has 0 aromatic heterocycles. The van der Waals surface area contributed by atoms with E-state index >= 15 is 0 Å². The zero-order valence-electron chi connectivity index (χ0n) is 16.9. The van der Waals surface area contributed by atoms with Crippen molar-refractivity contribution < 1.29 is 27.8 Å². The Morgan fingerprint density at radius 2 is 1.83 bits per heavy atom. The highest BCUT2D eigenvalue weighted by Crippen LogP contribution is 2.29. The molecule has 0 radical (unpaired) electrons. The molecule has 0 saturated carbocycles. The first-order valence-electron chi connectivity index (χ1n) is 9.19. The van der Waals surface area contributed by atoms with Crippen molar-refractivity contribution in [3.8, 4) is 0 Å². The molecule has 1 atom stereocenters. The Morgan fingerprint density at radius 3 is 2.41 bits per heavy atom. The van der Waals surface area contributed by atoms with Crippen molar-refractivity contribution in [1.82, 2.24) is 0 Å². The van der Waals surface area contributed by atoms with E-state index in [1.54, 1.807) is 13.2 Å². The minimum atomic E-state index is -3.54. The largest absolute Gasteiger partial charge is 0.478 e. The zero-order chi connectivity index (χ0) is 21.4. The van der Waals surface area contributed by atoms with Crippen LogP contribution in [0.4, 0.5) is 5.69 Å². The van der Waals surface area contributed by atoms with E-state index in [0.717, 1.165) is 22.5 Å². The predicted octanol–water partition coefficient (Wildman–Crippen LogP) is 3.12. The molecule has 0 aliphatic carbocycles. The van der Waals surface area contributed by atoms with Gasteiger partial charge in [0.15, 0.2) is 0 Å². The number of rotatable bonds is 11. The molecule has 0 aliphatic heterocycles. The van der Waals surface area contributed by atoms with Crippen molar-refractivity contribution in [3.05, 3.63) is 65.2 Å². The van der Waals surface area contributed by atoms with Crippen LogP contribution in [0.25, 0.3) is 0 Å². The van der Waals surface area contributed by atoms with Gasteiger partial charge >= 0.3 is 5.97 Å². The van der Waals surface area contributed by atoms with Crippen LogP contribution >= 0.6 is 0 Å². The highest BCUT2D eigenvalue weighted by atomic mass is 32.2. The van der Waals surface area contributed by atoms with Gasteiger partial charge in [-0.3, -0.25) is 4.31 Å². The minimum absolute atomic E-state index is 0.00746. The number of anilines is 1. The number of carbonyl (C=O) groups is 1. The van der Waals surface area contributed by atoms with Crippen LogP contribution in [-0.2, 0) is 25.9 Å². The Hall–Kier alpha value is -2.42. The Balaban J connectivity index is 2.38. The van der Waals surface area contributed by atoms with Crippen LogP contribution in [0.5, 0.6) is 0 Å². The van der Waals surface area contributed by atoms with Gasteiger partial charge in [0.2, 0.25) is 10.0 Å². The average molecular weight is 422 g/mol. The summed E-state index contributed by atoms with van der Waals surface area (Å²) in [4.78, 5) is 11.6. The Labute approximate surface area is 171 Å². The fourth-order valence-corrected chi connectivity index (χ4v) is 3.37. The van der Waals surface area contributed by atoms with E-state index in [1.165, 1.54) is 19.2 Å². The molecular weight excluding hydrogens is 394 g/mol. The van der Waals surface area contributed by atoms with Crippen LogP contribution < -0.4 is 4.31 Å². The van der Waals surface area contributed by atoms with Gasteiger partial charge in [0, 0.05) is 14.2 Å². The molecule has 8 heteroatoms. The summed E-state index contributed by atoms with van der Waals surface area (Å²) in [6.45, 7) is 0.737. The molecule has 0 bridgehead atoms. The Morgan fingerprint density at radius 1 is 1.14 bits per heavy atom. The fourth-order valence-electron chi connectivity index (χ4n) is 2.88. The maximum atomic E-state index is 11.9. The summed E-state index contributed by atoms with van der Waals surface area (Å²) in [5.41, 5.74) is 2.04. The van der Waals surface area contributed by atoms with Crippen LogP contribution in [0.3, 0.4) is 0 Å². The third-order valence-electron chi connectivity index (χ3n) is 4.56. The standard InChI is InChI=1S/C21H27NO6S/c1-22(29(3,25)26)19-14-17(13-18(15-19)21(23)24)20(28-12-11-27-2)10-9-16-7-5-4-6-8-16/h4-8,13-15,20H,9-12H2,1-3H3,(H,23,24). The van der Waals surface area contributed by atoms with Crippen molar-refractivity contribution in [2.45, 2.75) is 18.9 Å². The van der Waals surface area contributed by atoms with Gasteiger partial charge < -0.3 is 14.6 Å². The second kappa shape index (κ2) is 10.4. The van der Waals surface area contributed by atoms with Gasteiger partial charge in [-0.15, -0.1) is 0 Å². The summed E-state index contributed by atoms with van der Waals surface area (Å²) in [6.07, 6.45) is 2.00. The second-order valence-electron chi connectivity index (χ2n) is 6.73. The molecule has 0 amide bonds. The topological polar surface area (TPSA) is 93.1 Å². The molecule has 2 aromatic rings. The molecule has 0 fully saturated rings. The molecule has 0 heterocycles. The third-order valence-corrected chi connectivity index (χ3v) is 5.77. The third kappa shape index (κ3) is 6.85. The number of aryl methyl sites for hydroxylation is 1. The highest BCUT2D eigenvalue weighted by Gasteiger charge is 2.20. The molecule has 7 nitrogen and oxygen atoms in total. The predicted molar refractivity (Wildman–Crippen MR) is 112 cm³/mol. The van der Waals surface area contributed by atoms with Gasteiger partial charge in [-0.1, -0.05) is 30.3 Å². The summed E-state index contributed by atoms with van der Waals surface area (Å²) in [7, 11) is -0.568. The Kier molecular flexibility index (Phi) is 8.19. The molecule has 158 valence electrons. The molecule has 2 rings (SSSR count). The van der Waals surface area contributed by atoms with Crippen molar-refractivity contribution in [1.29, 1.82) is 0 Å². The highest BCUT2D eigenvalue weighted by molar-refractivity contribution is 7.92. The lowest BCUT2D eigenvalue weighted by molar-refractivity contribution is 0.0122. The van der Waals surface area contributed by atoms with E-state index in [4.69, 9.17) is 9.47 Å². The first kappa shape index (κ1) is 22.9. The van der Waals surface area contributed by atoms with Gasteiger partial charge in [-0.25, -0.2) is 13.2 Å². The quantitative estimate of drug-likeness (QED) is 0.561. The number of nitrogens with zero attached hydrogens (tertiary/aromatic N) is 1. The van der Waals surface area contributed by atoms with Gasteiger partial charge in [0.25, 0.3) is 0 Å². The number of benzene rings is 2. The van der Waals surface area contributed by atoms with E-state index in [0.29, 0.717) is 25.2 Å². The summed E-state index contributed by atoms with van der Waals surface area (Å²) in [6, 6.07) is 14.4.